The Balaban J connectivity index is 1.34. The van der Waals surface area contributed by atoms with Gasteiger partial charge < -0.3 is 20.7 Å². The molecule has 48 heavy (non-hydrogen) atoms. The van der Waals surface area contributed by atoms with Gasteiger partial charge in [-0.1, -0.05) is 89.4 Å². The van der Waals surface area contributed by atoms with Gasteiger partial charge in [-0.3, -0.25) is 14.4 Å². The second-order valence-corrected chi connectivity index (χ2v) is 12.6. The van der Waals surface area contributed by atoms with E-state index in [-0.39, 0.29) is 11.6 Å². The number of halogens is 3. The summed E-state index contributed by atoms with van der Waals surface area (Å²) in [6.45, 7) is 0. The van der Waals surface area contributed by atoms with E-state index in [2.05, 4.69) is 16.0 Å². The van der Waals surface area contributed by atoms with Crippen LogP contribution in [0.2, 0.25) is 15.1 Å². The maximum atomic E-state index is 13.5. The molecule has 1 unspecified atom stereocenters. The molecule has 242 valence electrons. The summed E-state index contributed by atoms with van der Waals surface area (Å²) in [5, 5.41) is 8.85. The quantitative estimate of drug-likeness (QED) is 0.0935. The van der Waals surface area contributed by atoms with Crippen molar-refractivity contribution in [3.05, 3.63) is 159 Å². The van der Waals surface area contributed by atoms with Crippen molar-refractivity contribution in [2.24, 2.45) is 0 Å². The minimum absolute atomic E-state index is 0.0586. The van der Waals surface area contributed by atoms with E-state index in [1.54, 1.807) is 91.0 Å². The normalized spacial score (nSPS) is 11.7. The van der Waals surface area contributed by atoms with Gasteiger partial charge >= 0.3 is 0 Å². The number of carbonyl (C=O) groups excluding carboxylic acids is 3. The van der Waals surface area contributed by atoms with Crippen molar-refractivity contribution in [2.45, 2.75) is 10.1 Å². The number of nitrogens with one attached hydrogen (secondary N) is 3. The third-order valence-corrected chi connectivity index (χ3v) is 9.16. The highest BCUT2D eigenvalue weighted by atomic mass is 35.5. The highest BCUT2D eigenvalue weighted by molar-refractivity contribution is 8.00. The van der Waals surface area contributed by atoms with Crippen molar-refractivity contribution in [3.8, 4) is 5.75 Å². The third kappa shape index (κ3) is 8.99. The molecule has 0 aromatic heterocycles. The maximum Gasteiger partial charge on any atom is 0.272 e. The molecule has 0 saturated carbocycles. The monoisotopic (exact) mass is 715 g/mol. The third-order valence-electron chi connectivity index (χ3n) is 6.94. The van der Waals surface area contributed by atoms with E-state index in [0.29, 0.717) is 43.3 Å². The predicted molar refractivity (Wildman–Crippen MR) is 195 cm³/mol. The van der Waals surface area contributed by atoms with Gasteiger partial charge in [0.05, 0.1) is 12.1 Å². The zero-order chi connectivity index (χ0) is 34.0. The van der Waals surface area contributed by atoms with Crippen LogP contribution in [0, 0.1) is 0 Å². The summed E-state index contributed by atoms with van der Waals surface area (Å²) in [5.41, 5.74) is 2.49. The van der Waals surface area contributed by atoms with Gasteiger partial charge in [0.15, 0.2) is 0 Å². The number of carbonyl (C=O) groups is 3. The number of methoxy groups -OCH3 is 1. The summed E-state index contributed by atoms with van der Waals surface area (Å²) in [4.78, 5) is 40.8. The van der Waals surface area contributed by atoms with Gasteiger partial charge in [0.1, 0.15) is 16.7 Å². The predicted octanol–water partition coefficient (Wildman–Crippen LogP) is 9.54. The Labute approximate surface area is 297 Å². The summed E-state index contributed by atoms with van der Waals surface area (Å²) in [7, 11) is 1.52. The van der Waals surface area contributed by atoms with Gasteiger partial charge in [0, 0.05) is 37.4 Å². The average Bonchev–Trinajstić information content (AvgIpc) is 3.09. The van der Waals surface area contributed by atoms with Crippen molar-refractivity contribution in [3.63, 3.8) is 0 Å². The number of ether oxygens (including phenoxy) is 1. The molecule has 5 aromatic rings. The van der Waals surface area contributed by atoms with Gasteiger partial charge in [0.25, 0.3) is 11.8 Å². The van der Waals surface area contributed by atoms with Crippen molar-refractivity contribution in [2.75, 3.05) is 17.7 Å². The van der Waals surface area contributed by atoms with Gasteiger partial charge in [0.2, 0.25) is 5.91 Å². The highest BCUT2D eigenvalue weighted by Gasteiger charge is 2.23. The smallest absolute Gasteiger partial charge is 0.272 e. The van der Waals surface area contributed by atoms with Crippen molar-refractivity contribution < 1.29 is 19.1 Å². The molecule has 0 aliphatic rings. The number of amides is 3. The van der Waals surface area contributed by atoms with Crippen molar-refractivity contribution in [1.29, 1.82) is 0 Å². The molecule has 0 fully saturated rings. The van der Waals surface area contributed by atoms with E-state index in [1.807, 2.05) is 30.3 Å². The SMILES string of the molecule is COc1ccc(NC(=O)C(Sc2ccc(NC(=O)/C(=C/c3c(Cl)cccc3Cl)NC(=O)c3ccccc3)cc2)c2ccccc2)cc1Cl. The lowest BCUT2D eigenvalue weighted by Gasteiger charge is -2.18. The van der Waals surface area contributed by atoms with E-state index in [0.717, 1.165) is 10.5 Å². The fourth-order valence-electron chi connectivity index (χ4n) is 4.54. The highest BCUT2D eigenvalue weighted by Crippen LogP contribution is 2.37. The molecule has 0 bridgehead atoms. The molecule has 0 aliphatic carbocycles. The fourth-order valence-corrected chi connectivity index (χ4v) is 6.33. The molecule has 11 heteroatoms. The van der Waals surface area contributed by atoms with Crippen molar-refractivity contribution >= 4 is 81.7 Å². The largest absolute Gasteiger partial charge is 0.495 e. The summed E-state index contributed by atoms with van der Waals surface area (Å²) in [5.74, 6) is -0.805. The molecule has 0 aliphatic heterocycles. The molecule has 7 nitrogen and oxygen atoms in total. The van der Waals surface area contributed by atoms with Gasteiger partial charge in [-0.25, -0.2) is 0 Å². The zero-order valence-corrected chi connectivity index (χ0v) is 28.5. The Morgan fingerprint density at radius 1 is 0.708 bits per heavy atom. The molecule has 0 radical (unpaired) electrons. The molecule has 0 heterocycles. The maximum absolute atomic E-state index is 13.5. The lowest BCUT2D eigenvalue weighted by Crippen LogP contribution is -2.30. The van der Waals surface area contributed by atoms with Crippen LogP contribution in [0.4, 0.5) is 11.4 Å². The lowest BCUT2D eigenvalue weighted by molar-refractivity contribution is -0.116. The van der Waals surface area contributed by atoms with Crippen LogP contribution in [0.25, 0.3) is 6.08 Å². The molecule has 5 aromatic carbocycles. The van der Waals surface area contributed by atoms with Crippen LogP contribution in [0.3, 0.4) is 0 Å². The molecule has 0 saturated heterocycles. The van der Waals surface area contributed by atoms with Crippen LogP contribution >= 0.6 is 46.6 Å². The Kier molecular flexibility index (Phi) is 11.8. The van der Waals surface area contributed by atoms with E-state index in [1.165, 1.54) is 24.9 Å². The fraction of sp³-hybridized carbons (Fsp3) is 0.0541. The number of rotatable bonds is 11. The first kappa shape index (κ1) is 34.6. The number of hydrogen-bond donors (Lipinski definition) is 3. The molecule has 5 rings (SSSR count). The standard InChI is InChI=1S/C37H28Cl3N3O4S/c1-47-33-20-17-26(21-31(33)40)42-37(46)34(23-9-4-2-5-10-23)48-27-18-15-25(16-19-27)41-36(45)32(22-28-29(38)13-8-14-30(28)39)43-35(44)24-11-6-3-7-12-24/h2-22,34H,1H3,(H,41,45)(H,42,46)(H,43,44)/b32-22-. The number of benzene rings is 5. The summed E-state index contributed by atoms with van der Waals surface area (Å²) in [6, 6.07) is 34.9. The van der Waals surface area contributed by atoms with Gasteiger partial charge in [-0.15, -0.1) is 11.8 Å². The number of anilines is 2. The summed E-state index contributed by atoms with van der Waals surface area (Å²) in [6.07, 6.45) is 1.43. The molecular formula is C37H28Cl3N3O4S. The Morgan fingerprint density at radius 3 is 1.96 bits per heavy atom. The minimum Gasteiger partial charge on any atom is -0.495 e. The van der Waals surface area contributed by atoms with Crippen LogP contribution in [0.15, 0.2) is 132 Å². The Morgan fingerprint density at radius 2 is 1.33 bits per heavy atom. The molecule has 3 amide bonds. The molecular weight excluding hydrogens is 689 g/mol. The first-order valence-electron chi connectivity index (χ1n) is 14.5. The van der Waals surface area contributed by atoms with Gasteiger partial charge in [-0.05, 0) is 78.4 Å². The second-order valence-electron chi connectivity index (χ2n) is 10.2. The molecule has 3 N–H and O–H groups in total. The Bertz CT molecular complexity index is 1940. The summed E-state index contributed by atoms with van der Waals surface area (Å²) < 4.78 is 5.21. The summed E-state index contributed by atoms with van der Waals surface area (Å²) >= 11 is 20.3. The van der Waals surface area contributed by atoms with E-state index < -0.39 is 17.1 Å². The molecule has 0 spiro atoms. The minimum atomic E-state index is -0.601. The lowest BCUT2D eigenvalue weighted by atomic mass is 10.1. The van der Waals surface area contributed by atoms with E-state index in [4.69, 9.17) is 39.5 Å². The number of hydrogen-bond acceptors (Lipinski definition) is 5. The van der Waals surface area contributed by atoms with Crippen LogP contribution in [0.1, 0.15) is 26.7 Å². The first-order valence-corrected chi connectivity index (χ1v) is 16.5. The van der Waals surface area contributed by atoms with E-state index >= 15 is 0 Å². The topological polar surface area (TPSA) is 96.5 Å². The van der Waals surface area contributed by atoms with Crippen LogP contribution in [-0.2, 0) is 9.59 Å². The average molecular weight is 717 g/mol. The Hall–Kier alpha value is -4.73. The molecule has 1 atom stereocenters. The van der Waals surface area contributed by atoms with Crippen molar-refractivity contribution in [1.82, 2.24) is 5.32 Å². The number of thioether (sulfide) groups is 1. The van der Waals surface area contributed by atoms with E-state index in [9.17, 15) is 14.4 Å². The zero-order valence-electron chi connectivity index (χ0n) is 25.4. The van der Waals surface area contributed by atoms with Crippen LogP contribution in [-0.4, -0.2) is 24.8 Å². The van der Waals surface area contributed by atoms with Gasteiger partial charge in [-0.2, -0.15) is 0 Å². The second kappa shape index (κ2) is 16.4. The van der Waals surface area contributed by atoms with Crippen LogP contribution in [0.5, 0.6) is 5.75 Å². The first-order chi connectivity index (χ1) is 23.2. The van der Waals surface area contributed by atoms with Crippen LogP contribution < -0.4 is 20.7 Å².